The van der Waals surface area contributed by atoms with Gasteiger partial charge >= 0.3 is 25.7 Å². The van der Waals surface area contributed by atoms with Gasteiger partial charge in [0, 0.05) is 0 Å². The number of nitrogens with zero attached hydrogens (tertiary/aromatic N) is 5. The van der Waals surface area contributed by atoms with E-state index in [1.807, 2.05) is 0 Å². The normalized spacial score (nSPS) is 12.7. The molecule has 0 saturated heterocycles. The van der Waals surface area contributed by atoms with Gasteiger partial charge in [-0.05, 0) is 73.7 Å². The van der Waals surface area contributed by atoms with E-state index >= 15 is 0 Å². The number of alkyl halides is 3. The van der Waals surface area contributed by atoms with E-state index in [-0.39, 0.29) is 19.5 Å². The average Bonchev–Trinajstić information content (AvgIpc) is 3.80. The SMILES string of the molecule is CCC1=C(CC)c2cc3[n-]c(cc4nc(cc5[n-]c(cc1n2)c(CC)c5CC)C(CC)=C4CC)c(CC)c3CC.FC(F)(F)C[S-].[N-]=O.[Ru+4]. The summed E-state index contributed by atoms with van der Waals surface area (Å²) in [5, 5.41) is 0. The van der Waals surface area contributed by atoms with Crippen molar-refractivity contribution in [1.82, 2.24) is 19.9 Å². The van der Waals surface area contributed by atoms with Crippen LogP contribution in [0.3, 0.4) is 0 Å². The number of halogens is 3. The second kappa shape index (κ2) is 18.8. The first-order valence-corrected chi connectivity index (χ1v) is 17.6. The Bertz CT molecular complexity index is 1600. The van der Waals surface area contributed by atoms with Crippen LogP contribution >= 0.6 is 0 Å². The standard InChI is InChI=1S/C36H44N4.C2H3F3S.NO.Ru/c1-9-21-22(10-2)30-18-32-25(13-5)26(14-6)34(39-32)20-36-28(16-8)27(15-7)35(40-36)19-33-24(12-4)23(11-3)31(38-33)17-29(21)37-30;3-2(4,5)1-6;1-2;/h17-20H,9-16H2,1-8H3;6H,1H2;;/q-2;;-1;+4/p-1. The first kappa shape index (κ1) is 42.1. The van der Waals surface area contributed by atoms with Crippen LogP contribution in [-0.4, -0.2) is 21.9 Å². The van der Waals surface area contributed by atoms with Crippen molar-refractivity contribution in [2.24, 2.45) is 0 Å². The molecule has 49 heavy (non-hydrogen) atoms. The van der Waals surface area contributed by atoms with Crippen LogP contribution < -0.4 is 9.97 Å². The Morgan fingerprint density at radius 1 is 0.531 bits per heavy atom. The summed E-state index contributed by atoms with van der Waals surface area (Å²) in [7, 11) is 0. The number of nitroso groups, excluding NO2 is 1. The third-order valence-electron chi connectivity index (χ3n) is 8.98. The molecule has 0 radical (unpaired) electrons. The molecule has 0 saturated carbocycles. The zero-order valence-electron chi connectivity index (χ0n) is 29.7. The number of aromatic nitrogens is 4. The Morgan fingerprint density at radius 2 is 0.735 bits per heavy atom. The molecule has 0 amide bonds. The van der Waals surface area contributed by atoms with Gasteiger partial charge in [-0.15, -0.1) is 22.1 Å². The Hall–Kier alpha value is -3.04. The van der Waals surface area contributed by atoms with E-state index < -0.39 is 11.9 Å². The van der Waals surface area contributed by atoms with Crippen LogP contribution in [0.25, 0.3) is 50.0 Å². The molecule has 11 heteroatoms. The van der Waals surface area contributed by atoms with Crippen LogP contribution in [0, 0.1) is 4.91 Å². The third-order valence-corrected chi connectivity index (χ3v) is 9.31. The minimum Gasteiger partial charge on any atom is -0.784 e. The zero-order valence-corrected chi connectivity index (χ0v) is 32.3. The van der Waals surface area contributed by atoms with Gasteiger partial charge in [0.1, 0.15) is 0 Å². The van der Waals surface area contributed by atoms with E-state index in [2.05, 4.69) is 92.3 Å². The predicted molar refractivity (Wildman–Crippen MR) is 196 cm³/mol. The third kappa shape index (κ3) is 9.01. The molecule has 2 aliphatic rings. The van der Waals surface area contributed by atoms with Crippen LogP contribution in [0.4, 0.5) is 13.2 Å². The summed E-state index contributed by atoms with van der Waals surface area (Å²) in [5.74, 6) is -1.15. The smallest absolute Gasteiger partial charge is 0.784 e. The second-order valence-electron chi connectivity index (χ2n) is 11.5. The molecule has 0 spiro atoms. The summed E-state index contributed by atoms with van der Waals surface area (Å²) in [5.41, 5.74) is 24.9. The van der Waals surface area contributed by atoms with Gasteiger partial charge in [-0.25, -0.2) is 9.97 Å². The van der Waals surface area contributed by atoms with Crippen LogP contribution in [0.1, 0.15) is 126 Å². The van der Waals surface area contributed by atoms with Gasteiger partial charge in [-0.3, -0.25) is 0 Å². The van der Waals surface area contributed by atoms with E-state index in [1.54, 1.807) is 0 Å². The fraction of sp³-hybridized carbons (Fsp3) is 0.474. The molecule has 5 heterocycles. The Morgan fingerprint density at radius 3 is 0.878 bits per heavy atom. The van der Waals surface area contributed by atoms with E-state index in [0.717, 1.165) is 96.2 Å². The van der Waals surface area contributed by atoms with E-state index in [4.69, 9.17) is 30.4 Å². The molecule has 0 aromatic carbocycles. The Labute approximate surface area is 306 Å². The van der Waals surface area contributed by atoms with Crippen molar-refractivity contribution in [3.63, 3.8) is 0 Å². The molecule has 0 atom stereocenters. The van der Waals surface area contributed by atoms with Crippen molar-refractivity contribution in [2.75, 3.05) is 5.75 Å². The van der Waals surface area contributed by atoms with E-state index in [9.17, 15) is 13.2 Å². The van der Waals surface area contributed by atoms with Gasteiger partial charge in [0.25, 0.3) is 0 Å². The number of hydrogen-bond acceptors (Lipinski definition) is 4. The summed E-state index contributed by atoms with van der Waals surface area (Å²) in [6.07, 6.45) is 3.46. The molecule has 8 bridgehead atoms. The number of allylic oxidation sites excluding steroid dienone is 4. The molecule has 264 valence electrons. The van der Waals surface area contributed by atoms with Crippen LogP contribution in [0.5, 0.6) is 0 Å². The van der Waals surface area contributed by atoms with Crippen molar-refractivity contribution >= 4 is 57.0 Å². The van der Waals surface area contributed by atoms with Crippen molar-refractivity contribution in [3.8, 4) is 0 Å². The molecule has 3 aromatic rings. The fourth-order valence-electron chi connectivity index (χ4n) is 6.92. The molecular formula is C38H46F3N5ORuS. The van der Waals surface area contributed by atoms with E-state index in [0.29, 0.717) is 0 Å². The molecule has 5 rings (SSSR count). The summed E-state index contributed by atoms with van der Waals surface area (Å²) in [4.78, 5) is 28.3. The second-order valence-corrected chi connectivity index (χ2v) is 11.8. The van der Waals surface area contributed by atoms with Crippen LogP contribution in [0.2, 0.25) is 0 Å². The maximum Gasteiger partial charge on any atom is 4.00 e. The van der Waals surface area contributed by atoms with Gasteiger partial charge in [0.2, 0.25) is 0 Å². The summed E-state index contributed by atoms with van der Waals surface area (Å²) < 4.78 is 32.0. The van der Waals surface area contributed by atoms with Crippen molar-refractivity contribution in [2.45, 2.75) is 113 Å². The first-order valence-electron chi connectivity index (χ1n) is 17.0. The minimum atomic E-state index is -4.14. The average molecular weight is 779 g/mol. The molecule has 0 fully saturated rings. The van der Waals surface area contributed by atoms with Gasteiger partial charge in [-0.1, -0.05) is 108 Å². The first-order chi connectivity index (χ1) is 23.0. The molecule has 0 unspecified atom stereocenters. The number of rotatable bonds is 8. The quantitative estimate of drug-likeness (QED) is 0.167. The number of aryl methyl sites for hydroxylation is 4. The summed E-state index contributed by atoms with van der Waals surface area (Å²) in [6, 6.07) is 8.98. The zero-order chi connectivity index (χ0) is 35.8. The Kier molecular flexibility index (Phi) is 16.2. The van der Waals surface area contributed by atoms with Crippen molar-refractivity contribution in [3.05, 3.63) is 79.8 Å². The minimum absolute atomic E-state index is 0. The monoisotopic (exact) mass is 779 g/mol. The van der Waals surface area contributed by atoms with Crippen LogP contribution in [-0.2, 0) is 57.8 Å². The van der Waals surface area contributed by atoms with Crippen molar-refractivity contribution in [1.29, 1.82) is 0 Å². The van der Waals surface area contributed by atoms with Gasteiger partial charge in [0.05, 0.1) is 22.8 Å². The predicted octanol–water partition coefficient (Wildman–Crippen LogP) is 10.7. The fourth-order valence-corrected chi connectivity index (χ4v) is 6.92. The number of fused-ring (bicyclic) bond motifs is 8. The largest absolute Gasteiger partial charge is 4.00 e. The topological polar surface area (TPSA) is 93.3 Å². The Balaban J connectivity index is 0.000000838. The maximum absolute atomic E-state index is 10.7. The summed E-state index contributed by atoms with van der Waals surface area (Å²) in [6.45, 7) is 17.9. The van der Waals surface area contributed by atoms with Crippen molar-refractivity contribution < 1.29 is 32.6 Å². The molecule has 0 N–H and O–H groups in total. The molecule has 3 aromatic heterocycles. The molecule has 0 aliphatic carbocycles. The maximum atomic E-state index is 10.7. The van der Waals surface area contributed by atoms with Crippen LogP contribution in [0.15, 0.2) is 24.3 Å². The summed E-state index contributed by atoms with van der Waals surface area (Å²) >= 11 is 3.66. The molecular weight excluding hydrogens is 733 g/mol. The number of hydrogen-bond donors (Lipinski definition) is 0. The molecule has 2 aliphatic heterocycles. The van der Waals surface area contributed by atoms with E-state index in [1.165, 1.54) is 44.5 Å². The molecule has 6 nitrogen and oxygen atoms in total. The van der Waals surface area contributed by atoms with Gasteiger partial charge in [0.15, 0.2) is 0 Å². The van der Waals surface area contributed by atoms with Gasteiger partial charge < -0.3 is 33.1 Å². The van der Waals surface area contributed by atoms with Gasteiger partial charge in [-0.2, -0.15) is 13.2 Å².